The van der Waals surface area contributed by atoms with E-state index in [0.29, 0.717) is 22.6 Å². The number of hydrogen-bond donors (Lipinski definition) is 2. The minimum atomic E-state index is -0.420. The van der Waals surface area contributed by atoms with Crippen LogP contribution in [0.2, 0.25) is 0 Å². The number of aryl methyl sites for hydroxylation is 1. The second kappa shape index (κ2) is 8.47. The molecule has 7 nitrogen and oxygen atoms in total. The molecule has 4 aromatic rings. The number of carbonyl (C=O) groups excluding carboxylic acids is 1. The second-order valence-corrected chi connectivity index (χ2v) is 7.21. The third-order valence-electron chi connectivity index (χ3n) is 5.08. The van der Waals surface area contributed by atoms with E-state index < -0.39 is 5.43 Å². The summed E-state index contributed by atoms with van der Waals surface area (Å²) >= 11 is 0. The zero-order valence-corrected chi connectivity index (χ0v) is 17.8. The van der Waals surface area contributed by atoms with E-state index >= 15 is 0 Å². The standard InChI is InChI=1S/C25H21NO6/c1-14-4-6-16(7-5-14)25(29)26-17-10-8-15(9-11-17)19-12-18(27)22-20(32-19)13-21(30-2)24(31-3)23(22)28/h4-13,28H,1-3H3,(H,26,29). The number of anilines is 1. The summed E-state index contributed by atoms with van der Waals surface area (Å²) < 4.78 is 16.2. The molecule has 4 rings (SSSR count). The number of fused-ring (bicyclic) bond motifs is 1. The number of phenolic OH excluding ortho intramolecular Hbond substituents is 1. The molecule has 1 aromatic heterocycles. The maximum Gasteiger partial charge on any atom is 0.255 e. The monoisotopic (exact) mass is 431 g/mol. The second-order valence-electron chi connectivity index (χ2n) is 7.21. The van der Waals surface area contributed by atoms with Crippen molar-refractivity contribution in [3.05, 3.63) is 82.0 Å². The summed E-state index contributed by atoms with van der Waals surface area (Å²) in [5.41, 5.74) is 2.62. The lowest BCUT2D eigenvalue weighted by Crippen LogP contribution is -2.11. The summed E-state index contributed by atoms with van der Waals surface area (Å²) in [4.78, 5) is 25.1. The number of amides is 1. The van der Waals surface area contributed by atoms with Gasteiger partial charge in [-0.15, -0.1) is 0 Å². The molecule has 0 bridgehead atoms. The summed E-state index contributed by atoms with van der Waals surface area (Å²) in [6.45, 7) is 1.96. The Bertz CT molecular complexity index is 1350. The van der Waals surface area contributed by atoms with Crippen LogP contribution in [0.3, 0.4) is 0 Å². The number of phenols is 1. The molecular weight excluding hydrogens is 410 g/mol. The van der Waals surface area contributed by atoms with Crippen molar-refractivity contribution >= 4 is 22.6 Å². The summed E-state index contributed by atoms with van der Waals surface area (Å²) in [5, 5.41) is 13.3. The first-order valence-electron chi connectivity index (χ1n) is 9.81. The van der Waals surface area contributed by atoms with Crippen LogP contribution in [0.5, 0.6) is 17.2 Å². The van der Waals surface area contributed by atoms with Crippen LogP contribution in [-0.2, 0) is 0 Å². The Balaban J connectivity index is 1.65. The first-order valence-corrected chi connectivity index (χ1v) is 9.81. The van der Waals surface area contributed by atoms with E-state index in [9.17, 15) is 14.7 Å². The van der Waals surface area contributed by atoms with E-state index in [-0.39, 0.29) is 34.1 Å². The van der Waals surface area contributed by atoms with E-state index in [2.05, 4.69) is 5.32 Å². The molecule has 0 unspecified atom stereocenters. The molecule has 32 heavy (non-hydrogen) atoms. The number of methoxy groups -OCH3 is 2. The highest BCUT2D eigenvalue weighted by atomic mass is 16.5. The molecule has 2 N–H and O–H groups in total. The van der Waals surface area contributed by atoms with Crippen LogP contribution in [0.4, 0.5) is 5.69 Å². The smallest absolute Gasteiger partial charge is 0.255 e. The molecule has 0 saturated heterocycles. The lowest BCUT2D eigenvalue weighted by Gasteiger charge is -2.12. The van der Waals surface area contributed by atoms with E-state index in [1.165, 1.54) is 26.4 Å². The maximum atomic E-state index is 12.7. The average molecular weight is 431 g/mol. The summed E-state index contributed by atoms with van der Waals surface area (Å²) in [7, 11) is 2.80. The minimum absolute atomic E-state index is 0.00776. The average Bonchev–Trinajstić information content (AvgIpc) is 2.79. The molecule has 0 aliphatic heterocycles. The SMILES string of the molecule is COc1cc2oc(-c3ccc(NC(=O)c4ccc(C)cc4)cc3)cc(=O)c2c(O)c1OC. The van der Waals surface area contributed by atoms with Gasteiger partial charge in [0.25, 0.3) is 5.91 Å². The van der Waals surface area contributed by atoms with Crippen molar-refractivity contribution in [3.63, 3.8) is 0 Å². The number of hydrogen-bond acceptors (Lipinski definition) is 6. The van der Waals surface area contributed by atoms with E-state index in [4.69, 9.17) is 13.9 Å². The topological polar surface area (TPSA) is 98.0 Å². The first kappa shape index (κ1) is 21.0. The number of nitrogens with one attached hydrogen (secondary N) is 1. The van der Waals surface area contributed by atoms with Crippen LogP contribution >= 0.6 is 0 Å². The third kappa shape index (κ3) is 3.88. The van der Waals surface area contributed by atoms with Crippen molar-refractivity contribution in [2.24, 2.45) is 0 Å². The van der Waals surface area contributed by atoms with Gasteiger partial charge in [-0.2, -0.15) is 0 Å². The van der Waals surface area contributed by atoms with Crippen LogP contribution in [0.1, 0.15) is 15.9 Å². The Labute approximate surface area is 183 Å². The number of aromatic hydroxyl groups is 1. The van der Waals surface area contributed by atoms with E-state index in [0.717, 1.165) is 5.56 Å². The maximum absolute atomic E-state index is 12.7. The van der Waals surface area contributed by atoms with Gasteiger partial charge in [-0.05, 0) is 43.3 Å². The lowest BCUT2D eigenvalue weighted by molar-refractivity contribution is 0.102. The Morgan fingerprint density at radius 1 is 0.969 bits per heavy atom. The highest BCUT2D eigenvalue weighted by Crippen LogP contribution is 2.42. The Hall–Kier alpha value is -4.26. The molecule has 0 radical (unpaired) electrons. The molecule has 0 fully saturated rings. The summed E-state index contributed by atoms with van der Waals surface area (Å²) in [6.07, 6.45) is 0. The van der Waals surface area contributed by atoms with Crippen LogP contribution in [-0.4, -0.2) is 25.2 Å². The highest BCUT2D eigenvalue weighted by molar-refractivity contribution is 6.04. The minimum Gasteiger partial charge on any atom is -0.504 e. The molecule has 0 spiro atoms. The number of carbonyl (C=O) groups is 1. The molecule has 7 heteroatoms. The van der Waals surface area contributed by atoms with E-state index in [1.54, 1.807) is 36.4 Å². The quantitative estimate of drug-likeness (QED) is 0.474. The Morgan fingerprint density at radius 3 is 2.28 bits per heavy atom. The summed E-state index contributed by atoms with van der Waals surface area (Å²) in [6, 6.07) is 17.0. The van der Waals surface area contributed by atoms with Crippen molar-refractivity contribution in [3.8, 4) is 28.6 Å². The van der Waals surface area contributed by atoms with Crippen LogP contribution in [0.15, 0.2) is 69.9 Å². The van der Waals surface area contributed by atoms with Gasteiger partial charge in [0.05, 0.1) is 14.2 Å². The Kier molecular flexibility index (Phi) is 5.55. The normalized spacial score (nSPS) is 10.7. The molecule has 0 atom stereocenters. The van der Waals surface area contributed by atoms with Gasteiger partial charge in [0.1, 0.15) is 16.7 Å². The molecule has 0 saturated carbocycles. The fourth-order valence-corrected chi connectivity index (χ4v) is 3.38. The Morgan fingerprint density at radius 2 is 1.66 bits per heavy atom. The lowest BCUT2D eigenvalue weighted by atomic mass is 10.1. The van der Waals surface area contributed by atoms with E-state index in [1.807, 2.05) is 19.1 Å². The molecular formula is C25H21NO6. The van der Waals surface area contributed by atoms with Gasteiger partial charge < -0.3 is 24.3 Å². The predicted molar refractivity (Wildman–Crippen MR) is 122 cm³/mol. The zero-order chi connectivity index (χ0) is 22.8. The van der Waals surface area contributed by atoms with Gasteiger partial charge in [-0.25, -0.2) is 0 Å². The van der Waals surface area contributed by atoms with Crippen LogP contribution in [0.25, 0.3) is 22.3 Å². The molecule has 1 heterocycles. The van der Waals surface area contributed by atoms with Crippen molar-refractivity contribution < 1.29 is 23.8 Å². The fourth-order valence-electron chi connectivity index (χ4n) is 3.38. The molecule has 3 aromatic carbocycles. The number of rotatable bonds is 5. The predicted octanol–water partition coefficient (Wildman–Crippen LogP) is 4.74. The summed E-state index contributed by atoms with van der Waals surface area (Å²) in [5.74, 6) is 0.0639. The number of benzene rings is 3. The molecule has 162 valence electrons. The third-order valence-corrected chi connectivity index (χ3v) is 5.08. The van der Waals surface area contributed by atoms with Crippen LogP contribution in [0, 0.1) is 6.92 Å². The van der Waals surface area contributed by atoms with Gasteiger partial charge in [0.2, 0.25) is 5.75 Å². The van der Waals surface area contributed by atoms with Crippen molar-refractivity contribution in [1.82, 2.24) is 0 Å². The molecule has 0 aliphatic rings. The largest absolute Gasteiger partial charge is 0.504 e. The van der Waals surface area contributed by atoms with Crippen molar-refractivity contribution in [2.75, 3.05) is 19.5 Å². The van der Waals surface area contributed by atoms with Gasteiger partial charge in [-0.1, -0.05) is 17.7 Å². The number of ether oxygens (including phenoxy) is 2. The van der Waals surface area contributed by atoms with Crippen molar-refractivity contribution in [1.29, 1.82) is 0 Å². The molecule has 0 aliphatic carbocycles. The van der Waals surface area contributed by atoms with Gasteiger partial charge in [-0.3, -0.25) is 9.59 Å². The van der Waals surface area contributed by atoms with Crippen LogP contribution < -0.4 is 20.2 Å². The van der Waals surface area contributed by atoms with Gasteiger partial charge in [0, 0.05) is 28.9 Å². The zero-order valence-electron chi connectivity index (χ0n) is 17.8. The highest BCUT2D eigenvalue weighted by Gasteiger charge is 2.19. The fraction of sp³-hybridized carbons (Fsp3) is 0.120. The van der Waals surface area contributed by atoms with Gasteiger partial charge in [0.15, 0.2) is 16.9 Å². The first-order chi connectivity index (χ1) is 15.4. The molecule has 1 amide bonds. The van der Waals surface area contributed by atoms with Crippen molar-refractivity contribution in [2.45, 2.75) is 6.92 Å². The van der Waals surface area contributed by atoms with Gasteiger partial charge >= 0.3 is 0 Å².